The van der Waals surface area contributed by atoms with Gasteiger partial charge in [-0.15, -0.1) is 0 Å². The molecule has 2 atom stereocenters. The van der Waals surface area contributed by atoms with Crippen LogP contribution in [0.3, 0.4) is 0 Å². The Balaban J connectivity index is 1.87. The first-order chi connectivity index (χ1) is 5.27. The summed E-state index contributed by atoms with van der Waals surface area (Å²) in [5, 5.41) is 0. The predicted octanol–water partition coefficient (Wildman–Crippen LogP) is 0.785. The second-order valence-electron chi connectivity index (χ2n) is 4.07. The largest absolute Gasteiger partial charge is 0.302 e. The molecule has 2 nitrogen and oxygen atoms in total. The van der Waals surface area contributed by atoms with Crippen LogP contribution in [-0.4, -0.2) is 48.6 Å². The molecule has 2 rings (SSSR count). The highest BCUT2D eigenvalue weighted by molar-refractivity contribution is 4.89. The zero-order valence-corrected chi connectivity index (χ0v) is 7.58. The molecule has 0 aromatic heterocycles. The van der Waals surface area contributed by atoms with E-state index in [0.717, 1.165) is 12.1 Å². The van der Waals surface area contributed by atoms with E-state index in [4.69, 9.17) is 0 Å². The van der Waals surface area contributed by atoms with Crippen LogP contribution < -0.4 is 0 Å². The van der Waals surface area contributed by atoms with Crippen molar-refractivity contribution in [2.24, 2.45) is 0 Å². The van der Waals surface area contributed by atoms with Gasteiger partial charge in [-0.25, -0.2) is 0 Å². The minimum Gasteiger partial charge on any atom is -0.302 e. The Kier molecular flexibility index (Phi) is 1.90. The number of likely N-dealkylation sites (N-methyl/N-ethyl adjacent to an activating group) is 1. The van der Waals surface area contributed by atoms with Crippen molar-refractivity contribution in [3.63, 3.8) is 0 Å². The molecule has 2 aliphatic heterocycles. The van der Waals surface area contributed by atoms with Gasteiger partial charge in [-0.2, -0.15) is 0 Å². The third-order valence-corrected chi connectivity index (χ3v) is 3.27. The lowest BCUT2D eigenvalue weighted by Gasteiger charge is -2.36. The van der Waals surface area contributed by atoms with Gasteiger partial charge in [0.05, 0.1) is 0 Å². The van der Waals surface area contributed by atoms with Crippen LogP contribution in [0.25, 0.3) is 0 Å². The van der Waals surface area contributed by atoms with Gasteiger partial charge in [0, 0.05) is 18.6 Å². The van der Waals surface area contributed by atoms with Crippen LogP contribution in [-0.2, 0) is 0 Å². The number of nitrogens with zero attached hydrogens (tertiary/aromatic N) is 2. The Hall–Kier alpha value is -0.0800. The highest BCUT2D eigenvalue weighted by Crippen LogP contribution is 2.23. The van der Waals surface area contributed by atoms with Gasteiger partial charge < -0.3 is 4.90 Å². The summed E-state index contributed by atoms with van der Waals surface area (Å²) in [4.78, 5) is 5.10. The van der Waals surface area contributed by atoms with Gasteiger partial charge in [0.25, 0.3) is 0 Å². The summed E-state index contributed by atoms with van der Waals surface area (Å²) in [6.45, 7) is 6.33. The molecule has 0 amide bonds. The second-order valence-corrected chi connectivity index (χ2v) is 4.07. The van der Waals surface area contributed by atoms with Crippen molar-refractivity contribution < 1.29 is 0 Å². The minimum atomic E-state index is 0.806. The Labute approximate surface area is 69.2 Å². The van der Waals surface area contributed by atoms with Crippen molar-refractivity contribution in [1.29, 1.82) is 0 Å². The van der Waals surface area contributed by atoms with Crippen LogP contribution >= 0.6 is 0 Å². The summed E-state index contributed by atoms with van der Waals surface area (Å²) in [7, 11) is 2.24. The molecule has 0 spiro atoms. The molecule has 2 fully saturated rings. The molecule has 0 bridgehead atoms. The molecule has 0 aromatic rings. The topological polar surface area (TPSA) is 6.48 Å². The third kappa shape index (κ3) is 1.30. The monoisotopic (exact) mass is 154 g/mol. The van der Waals surface area contributed by atoms with E-state index in [9.17, 15) is 0 Å². The maximum Gasteiger partial charge on any atom is 0.0237 e. The van der Waals surface area contributed by atoms with Gasteiger partial charge >= 0.3 is 0 Å². The maximum atomic E-state index is 2.62. The van der Waals surface area contributed by atoms with Gasteiger partial charge in [0.1, 0.15) is 0 Å². The van der Waals surface area contributed by atoms with E-state index in [0.29, 0.717) is 0 Å². The fraction of sp³-hybridized carbons (Fsp3) is 1.00. The maximum absolute atomic E-state index is 2.62. The number of hydrogen-bond acceptors (Lipinski definition) is 2. The Bertz CT molecular complexity index is 132. The van der Waals surface area contributed by atoms with E-state index < -0.39 is 0 Å². The minimum absolute atomic E-state index is 0.806. The Morgan fingerprint density at radius 1 is 1.27 bits per heavy atom. The number of likely N-dealkylation sites (tertiary alicyclic amines) is 2. The van der Waals surface area contributed by atoms with Crippen LogP contribution in [0.5, 0.6) is 0 Å². The van der Waals surface area contributed by atoms with E-state index in [2.05, 4.69) is 23.8 Å². The first-order valence-corrected chi connectivity index (χ1v) is 4.71. The molecule has 0 saturated carbocycles. The summed E-state index contributed by atoms with van der Waals surface area (Å²) < 4.78 is 0. The fourth-order valence-corrected chi connectivity index (χ4v) is 2.13. The Morgan fingerprint density at radius 3 is 2.36 bits per heavy atom. The molecule has 2 aliphatic rings. The lowest BCUT2D eigenvalue weighted by molar-refractivity contribution is 0.122. The molecule has 11 heavy (non-hydrogen) atoms. The quantitative estimate of drug-likeness (QED) is 0.551. The summed E-state index contributed by atoms with van der Waals surface area (Å²) >= 11 is 0. The lowest BCUT2D eigenvalue weighted by atomic mass is 10.1. The highest BCUT2D eigenvalue weighted by Gasteiger charge is 2.32. The Morgan fingerprint density at radius 2 is 2.00 bits per heavy atom. The van der Waals surface area contributed by atoms with Crippen molar-refractivity contribution in [3.05, 3.63) is 0 Å². The van der Waals surface area contributed by atoms with Crippen LogP contribution in [0.1, 0.15) is 19.8 Å². The normalized spacial score (nSPS) is 40.9. The molecular formula is C9H18N2. The zero-order valence-electron chi connectivity index (χ0n) is 7.58. The molecule has 2 saturated heterocycles. The molecule has 0 N–H and O–H groups in total. The van der Waals surface area contributed by atoms with E-state index >= 15 is 0 Å². The van der Waals surface area contributed by atoms with Crippen molar-refractivity contribution in [1.82, 2.24) is 9.80 Å². The molecule has 0 aromatic carbocycles. The van der Waals surface area contributed by atoms with Gasteiger partial charge in [-0.05, 0) is 39.9 Å². The predicted molar refractivity (Wildman–Crippen MR) is 46.7 cm³/mol. The fourth-order valence-electron chi connectivity index (χ4n) is 2.13. The average molecular weight is 154 g/mol. The van der Waals surface area contributed by atoms with Gasteiger partial charge in [-0.1, -0.05) is 0 Å². The molecule has 0 radical (unpaired) electrons. The van der Waals surface area contributed by atoms with E-state index in [1.54, 1.807) is 0 Å². The zero-order chi connectivity index (χ0) is 7.84. The number of rotatable bonds is 1. The smallest absolute Gasteiger partial charge is 0.0237 e. The van der Waals surface area contributed by atoms with Crippen LogP contribution in [0, 0.1) is 0 Å². The average Bonchev–Trinajstić information content (AvgIpc) is 2.08. The van der Waals surface area contributed by atoms with Gasteiger partial charge in [0.2, 0.25) is 0 Å². The SMILES string of the molecule is CC1CC(N2CCC2)CN1C. The first kappa shape index (κ1) is 7.56. The highest BCUT2D eigenvalue weighted by atomic mass is 15.3. The molecule has 2 heterocycles. The van der Waals surface area contributed by atoms with Crippen molar-refractivity contribution in [2.75, 3.05) is 26.7 Å². The molecule has 2 heteroatoms. The van der Waals surface area contributed by atoms with E-state index in [1.165, 1.54) is 32.5 Å². The van der Waals surface area contributed by atoms with Crippen molar-refractivity contribution in [3.8, 4) is 0 Å². The van der Waals surface area contributed by atoms with Crippen LogP contribution in [0.2, 0.25) is 0 Å². The van der Waals surface area contributed by atoms with E-state index in [-0.39, 0.29) is 0 Å². The first-order valence-electron chi connectivity index (χ1n) is 4.71. The van der Waals surface area contributed by atoms with Gasteiger partial charge in [-0.3, -0.25) is 4.90 Å². The van der Waals surface area contributed by atoms with Crippen LogP contribution in [0.4, 0.5) is 0 Å². The third-order valence-electron chi connectivity index (χ3n) is 3.27. The molecule has 64 valence electrons. The summed E-state index contributed by atoms with van der Waals surface area (Å²) in [5.41, 5.74) is 0. The standard InChI is InChI=1S/C9H18N2/c1-8-6-9(7-10(8)2)11-4-3-5-11/h8-9H,3-7H2,1-2H3. The van der Waals surface area contributed by atoms with Crippen LogP contribution in [0.15, 0.2) is 0 Å². The van der Waals surface area contributed by atoms with Crippen molar-refractivity contribution >= 4 is 0 Å². The molecular weight excluding hydrogens is 136 g/mol. The lowest BCUT2D eigenvalue weighted by Crippen LogP contribution is -2.46. The second kappa shape index (κ2) is 2.76. The summed E-state index contributed by atoms with van der Waals surface area (Å²) in [6, 6.07) is 1.68. The number of hydrogen-bond donors (Lipinski definition) is 0. The molecule has 0 aliphatic carbocycles. The summed E-state index contributed by atoms with van der Waals surface area (Å²) in [6.07, 6.45) is 2.81. The van der Waals surface area contributed by atoms with Crippen molar-refractivity contribution in [2.45, 2.75) is 31.8 Å². The van der Waals surface area contributed by atoms with E-state index in [1.807, 2.05) is 0 Å². The molecule has 2 unspecified atom stereocenters. The summed E-state index contributed by atoms with van der Waals surface area (Å²) in [5.74, 6) is 0. The van der Waals surface area contributed by atoms with Gasteiger partial charge in [0.15, 0.2) is 0 Å².